The molecule has 8 nitrogen and oxygen atoms in total. The number of carbonyl (C=O) groups excluding carboxylic acids is 3. The van der Waals surface area contributed by atoms with Crippen LogP contribution in [0.4, 0.5) is 0 Å². The van der Waals surface area contributed by atoms with E-state index < -0.39 is 17.9 Å². The summed E-state index contributed by atoms with van der Waals surface area (Å²) >= 11 is 0. The second-order valence-corrected chi connectivity index (χ2v) is 8.36. The Kier molecular flexibility index (Phi) is 8.30. The maximum atomic E-state index is 13.5. The number of amides is 3. The number of rotatable bonds is 10. The van der Waals surface area contributed by atoms with Crippen LogP contribution in [0, 0.1) is 0 Å². The van der Waals surface area contributed by atoms with Gasteiger partial charge in [0.1, 0.15) is 6.04 Å². The Morgan fingerprint density at radius 1 is 0.943 bits per heavy atom. The lowest BCUT2D eigenvalue weighted by molar-refractivity contribution is -0.141. The van der Waals surface area contributed by atoms with Crippen molar-refractivity contribution in [3.8, 4) is 0 Å². The monoisotopic (exact) mass is 475 g/mol. The van der Waals surface area contributed by atoms with Gasteiger partial charge in [0.2, 0.25) is 11.8 Å². The zero-order valence-corrected chi connectivity index (χ0v) is 19.4. The Balaban J connectivity index is 1.57. The number of nitrogens with one attached hydrogen (secondary N) is 2. The average Bonchev–Trinajstić information content (AvgIpc) is 3.62. The summed E-state index contributed by atoms with van der Waals surface area (Å²) in [6.07, 6.45) is 3.22. The average molecular weight is 476 g/mol. The maximum Gasteiger partial charge on any atom is 0.287 e. The molecule has 0 radical (unpaired) electrons. The predicted octanol–water partition coefficient (Wildman–Crippen LogP) is 3.07. The number of hydrogen-bond acceptors (Lipinski definition) is 5. The lowest BCUT2D eigenvalue weighted by Gasteiger charge is -2.32. The molecule has 1 saturated heterocycles. The Hall–Kier alpha value is -3.91. The molecule has 2 N–H and O–H groups in total. The van der Waals surface area contributed by atoms with E-state index in [2.05, 4.69) is 10.6 Å². The lowest BCUT2D eigenvalue weighted by Crippen LogP contribution is -2.48. The molecule has 1 aromatic heterocycles. The van der Waals surface area contributed by atoms with E-state index in [0.717, 1.165) is 18.4 Å². The van der Waals surface area contributed by atoms with Crippen LogP contribution in [-0.2, 0) is 20.9 Å². The fraction of sp³-hybridized carbons (Fsp3) is 0.296. The van der Waals surface area contributed by atoms with E-state index in [1.54, 1.807) is 6.07 Å². The minimum atomic E-state index is -0.883. The quantitative estimate of drug-likeness (QED) is 0.469. The summed E-state index contributed by atoms with van der Waals surface area (Å²) in [6.45, 7) is 0.985. The molecule has 0 spiro atoms. The molecule has 2 atom stereocenters. The minimum absolute atomic E-state index is 0.0266. The standard InChI is InChI=1S/C27H29N3O5/c31-24(18-29-26(32)23-14-8-16-35-23)30(19-20-9-3-1-4-10-20)25(21-11-5-2-6-12-21)27(33)28-17-22-13-7-15-34-22/h1-6,8-12,14,16,22,25H,7,13,15,17-19H2,(H,28,33)(H,29,32)/t22-,25-/m1/s1. The molecule has 3 amide bonds. The third-order valence-electron chi connectivity index (χ3n) is 5.86. The highest BCUT2D eigenvalue weighted by Gasteiger charge is 2.32. The first kappa shape index (κ1) is 24.2. The summed E-state index contributed by atoms with van der Waals surface area (Å²) in [6, 6.07) is 20.9. The van der Waals surface area contributed by atoms with Gasteiger partial charge in [-0.25, -0.2) is 0 Å². The van der Waals surface area contributed by atoms with Crippen molar-refractivity contribution in [2.45, 2.75) is 31.5 Å². The molecule has 4 rings (SSSR count). The third-order valence-corrected chi connectivity index (χ3v) is 5.86. The normalized spacial score (nSPS) is 15.8. The molecule has 35 heavy (non-hydrogen) atoms. The van der Waals surface area contributed by atoms with Gasteiger partial charge in [0.15, 0.2) is 5.76 Å². The van der Waals surface area contributed by atoms with Crippen molar-refractivity contribution in [2.24, 2.45) is 0 Å². The van der Waals surface area contributed by atoms with Gasteiger partial charge in [-0.05, 0) is 36.1 Å². The van der Waals surface area contributed by atoms with Gasteiger partial charge in [-0.15, -0.1) is 0 Å². The fourth-order valence-corrected chi connectivity index (χ4v) is 4.08. The molecule has 0 bridgehead atoms. The molecule has 1 aliphatic rings. The maximum absolute atomic E-state index is 13.5. The van der Waals surface area contributed by atoms with Gasteiger partial charge in [0.25, 0.3) is 5.91 Å². The van der Waals surface area contributed by atoms with E-state index in [1.165, 1.54) is 17.2 Å². The first-order valence-electron chi connectivity index (χ1n) is 11.7. The minimum Gasteiger partial charge on any atom is -0.459 e. The van der Waals surface area contributed by atoms with Crippen molar-refractivity contribution >= 4 is 17.7 Å². The van der Waals surface area contributed by atoms with Gasteiger partial charge >= 0.3 is 0 Å². The highest BCUT2D eigenvalue weighted by molar-refractivity contribution is 5.95. The van der Waals surface area contributed by atoms with Crippen molar-refractivity contribution < 1.29 is 23.5 Å². The lowest BCUT2D eigenvalue weighted by atomic mass is 10.0. The van der Waals surface area contributed by atoms with Crippen LogP contribution in [0.15, 0.2) is 83.5 Å². The number of hydrogen-bond donors (Lipinski definition) is 2. The van der Waals surface area contributed by atoms with Crippen molar-refractivity contribution in [2.75, 3.05) is 19.7 Å². The van der Waals surface area contributed by atoms with E-state index in [9.17, 15) is 14.4 Å². The second kappa shape index (κ2) is 12.0. The molecule has 0 unspecified atom stereocenters. The Morgan fingerprint density at radius 2 is 1.69 bits per heavy atom. The van der Waals surface area contributed by atoms with E-state index >= 15 is 0 Å². The van der Waals surface area contributed by atoms with E-state index in [0.29, 0.717) is 18.7 Å². The molecule has 2 heterocycles. The van der Waals surface area contributed by atoms with Crippen molar-refractivity contribution in [3.05, 3.63) is 95.9 Å². The highest BCUT2D eigenvalue weighted by atomic mass is 16.5. The van der Waals surface area contributed by atoms with E-state index in [1.807, 2.05) is 60.7 Å². The smallest absolute Gasteiger partial charge is 0.287 e. The summed E-state index contributed by atoms with van der Waals surface area (Å²) in [5.74, 6) is -1.08. The summed E-state index contributed by atoms with van der Waals surface area (Å²) in [5, 5.41) is 5.57. The van der Waals surface area contributed by atoms with E-state index in [4.69, 9.17) is 9.15 Å². The molecule has 182 valence electrons. The molecular formula is C27H29N3O5. The van der Waals surface area contributed by atoms with Gasteiger partial charge in [0, 0.05) is 19.7 Å². The van der Waals surface area contributed by atoms with Crippen molar-refractivity contribution in [1.82, 2.24) is 15.5 Å². The van der Waals surface area contributed by atoms with Gasteiger partial charge < -0.3 is 24.7 Å². The number of benzene rings is 2. The highest BCUT2D eigenvalue weighted by Crippen LogP contribution is 2.24. The van der Waals surface area contributed by atoms with E-state index in [-0.39, 0.29) is 30.9 Å². The summed E-state index contributed by atoms with van der Waals surface area (Å²) in [4.78, 5) is 40.8. The fourth-order valence-electron chi connectivity index (χ4n) is 4.08. The zero-order chi connectivity index (χ0) is 24.5. The topological polar surface area (TPSA) is 101 Å². The second-order valence-electron chi connectivity index (χ2n) is 8.36. The van der Waals surface area contributed by atoms with Gasteiger partial charge in [-0.1, -0.05) is 60.7 Å². The van der Waals surface area contributed by atoms with Gasteiger partial charge in [0.05, 0.1) is 18.9 Å². The first-order valence-corrected chi connectivity index (χ1v) is 11.7. The number of furan rings is 1. The molecule has 2 aromatic carbocycles. The molecule has 8 heteroatoms. The predicted molar refractivity (Wildman–Crippen MR) is 129 cm³/mol. The van der Waals surface area contributed by atoms with Crippen LogP contribution in [-0.4, -0.2) is 48.4 Å². The van der Waals surface area contributed by atoms with Crippen molar-refractivity contribution in [1.29, 1.82) is 0 Å². The SMILES string of the molecule is O=C(NCC(=O)N(Cc1ccccc1)[C@@H](C(=O)NC[C@H]1CCCO1)c1ccccc1)c1ccco1. The van der Waals surface area contributed by atoms with Crippen LogP contribution in [0.25, 0.3) is 0 Å². The Morgan fingerprint density at radius 3 is 2.34 bits per heavy atom. The van der Waals surface area contributed by atoms with Crippen LogP contribution >= 0.6 is 0 Å². The number of ether oxygens (including phenoxy) is 1. The summed E-state index contributed by atoms with van der Waals surface area (Å²) < 4.78 is 10.7. The molecule has 1 fully saturated rings. The Bertz CT molecular complexity index is 1100. The van der Waals surface area contributed by atoms with Crippen LogP contribution < -0.4 is 10.6 Å². The van der Waals surface area contributed by atoms with Crippen LogP contribution in [0.1, 0.15) is 40.6 Å². The Labute approximate surface area is 204 Å². The third kappa shape index (κ3) is 6.58. The molecule has 3 aromatic rings. The zero-order valence-electron chi connectivity index (χ0n) is 19.4. The molecular weight excluding hydrogens is 446 g/mol. The summed E-state index contributed by atoms with van der Waals surface area (Å²) in [7, 11) is 0. The summed E-state index contributed by atoms with van der Waals surface area (Å²) in [5.41, 5.74) is 1.55. The molecule has 0 aliphatic carbocycles. The van der Waals surface area contributed by atoms with Gasteiger partial charge in [-0.2, -0.15) is 0 Å². The van der Waals surface area contributed by atoms with Gasteiger partial charge in [-0.3, -0.25) is 14.4 Å². The van der Waals surface area contributed by atoms with Crippen LogP contribution in [0.3, 0.4) is 0 Å². The van der Waals surface area contributed by atoms with Crippen LogP contribution in [0.5, 0.6) is 0 Å². The van der Waals surface area contributed by atoms with Crippen molar-refractivity contribution in [3.63, 3.8) is 0 Å². The first-order chi connectivity index (χ1) is 17.1. The largest absolute Gasteiger partial charge is 0.459 e. The number of carbonyl (C=O) groups is 3. The number of nitrogens with zero attached hydrogens (tertiary/aromatic N) is 1. The molecule has 0 saturated carbocycles. The molecule has 1 aliphatic heterocycles. The van der Waals surface area contributed by atoms with Crippen LogP contribution in [0.2, 0.25) is 0 Å².